The van der Waals surface area contributed by atoms with E-state index in [2.05, 4.69) is 39.1 Å². The van der Waals surface area contributed by atoms with Gasteiger partial charge in [-0.05, 0) is 69.2 Å². The molecular weight excluding hydrogens is 208 g/mol. The van der Waals surface area contributed by atoms with Gasteiger partial charge in [0.25, 0.3) is 0 Å². The molecule has 0 saturated heterocycles. The Bertz CT molecular complexity index is 397. The summed E-state index contributed by atoms with van der Waals surface area (Å²) in [5, 5.41) is 3.68. The van der Waals surface area contributed by atoms with Gasteiger partial charge in [-0.1, -0.05) is 6.07 Å². The molecule has 1 aliphatic carbocycles. The summed E-state index contributed by atoms with van der Waals surface area (Å²) in [5.41, 5.74) is 12.9. The topological polar surface area (TPSA) is 38.0 Å². The Morgan fingerprint density at radius 2 is 1.65 bits per heavy atom. The first kappa shape index (κ1) is 12.4. The van der Waals surface area contributed by atoms with Crippen LogP contribution in [0.25, 0.3) is 0 Å². The van der Waals surface area contributed by atoms with Crippen LogP contribution in [0, 0.1) is 27.7 Å². The summed E-state index contributed by atoms with van der Waals surface area (Å²) in [5.74, 6) is 0. The monoisotopic (exact) mass is 232 g/mol. The molecule has 94 valence electrons. The van der Waals surface area contributed by atoms with Crippen molar-refractivity contribution in [2.45, 2.75) is 59.0 Å². The summed E-state index contributed by atoms with van der Waals surface area (Å²) >= 11 is 0. The molecule has 2 unspecified atom stereocenters. The van der Waals surface area contributed by atoms with Gasteiger partial charge < -0.3 is 11.1 Å². The van der Waals surface area contributed by atoms with Gasteiger partial charge in [0.15, 0.2) is 0 Å². The Hall–Kier alpha value is -1.02. The van der Waals surface area contributed by atoms with Crippen molar-refractivity contribution in [3.63, 3.8) is 0 Å². The van der Waals surface area contributed by atoms with Crippen molar-refractivity contribution >= 4 is 5.69 Å². The fourth-order valence-corrected chi connectivity index (χ4v) is 2.79. The van der Waals surface area contributed by atoms with E-state index in [0.717, 1.165) is 6.42 Å². The van der Waals surface area contributed by atoms with Crippen molar-refractivity contribution < 1.29 is 0 Å². The van der Waals surface area contributed by atoms with Gasteiger partial charge in [-0.25, -0.2) is 0 Å². The molecule has 0 radical (unpaired) electrons. The van der Waals surface area contributed by atoms with Crippen LogP contribution in [0.2, 0.25) is 0 Å². The first-order valence-electron chi connectivity index (χ1n) is 6.60. The van der Waals surface area contributed by atoms with Gasteiger partial charge in [0.2, 0.25) is 0 Å². The second-order valence-corrected chi connectivity index (χ2v) is 5.48. The van der Waals surface area contributed by atoms with Gasteiger partial charge >= 0.3 is 0 Å². The van der Waals surface area contributed by atoms with Crippen molar-refractivity contribution in [2.24, 2.45) is 5.73 Å². The number of anilines is 1. The van der Waals surface area contributed by atoms with Gasteiger partial charge in [-0.3, -0.25) is 0 Å². The first-order valence-corrected chi connectivity index (χ1v) is 6.60. The molecule has 0 amide bonds. The van der Waals surface area contributed by atoms with Crippen molar-refractivity contribution in [1.29, 1.82) is 0 Å². The van der Waals surface area contributed by atoms with Gasteiger partial charge in [0.1, 0.15) is 0 Å². The Morgan fingerprint density at radius 3 is 2.12 bits per heavy atom. The van der Waals surface area contributed by atoms with Gasteiger partial charge in [-0.2, -0.15) is 0 Å². The van der Waals surface area contributed by atoms with Crippen LogP contribution in [0.1, 0.15) is 41.5 Å². The molecule has 1 aromatic rings. The van der Waals surface area contributed by atoms with Gasteiger partial charge in [-0.15, -0.1) is 0 Å². The lowest BCUT2D eigenvalue weighted by Crippen LogP contribution is -2.35. The van der Waals surface area contributed by atoms with Gasteiger partial charge in [0, 0.05) is 17.8 Å². The molecule has 1 saturated carbocycles. The zero-order chi connectivity index (χ0) is 12.6. The lowest BCUT2D eigenvalue weighted by molar-refractivity contribution is 0.637. The predicted molar refractivity (Wildman–Crippen MR) is 74.6 cm³/mol. The molecule has 1 aliphatic rings. The standard InChI is InChI=1S/C15H24N2/c1-9-8-10(2)12(4)15(11(9)3)17-14-7-5-6-13(14)16/h8,13-14,17H,5-7,16H2,1-4H3. The SMILES string of the molecule is Cc1cc(C)c(C)c(NC2CCCC2N)c1C. The molecule has 2 heteroatoms. The number of nitrogens with two attached hydrogens (primary N) is 1. The Morgan fingerprint density at radius 1 is 1.06 bits per heavy atom. The van der Waals surface area contributed by atoms with E-state index < -0.39 is 0 Å². The van der Waals surface area contributed by atoms with E-state index in [1.54, 1.807) is 0 Å². The fourth-order valence-electron chi connectivity index (χ4n) is 2.79. The summed E-state index contributed by atoms with van der Waals surface area (Å²) in [6.07, 6.45) is 3.61. The average Bonchev–Trinajstić information content (AvgIpc) is 2.68. The van der Waals surface area contributed by atoms with Crippen LogP contribution in [0.4, 0.5) is 5.69 Å². The molecule has 0 heterocycles. The molecule has 0 aliphatic heterocycles. The summed E-state index contributed by atoms with van der Waals surface area (Å²) < 4.78 is 0. The molecule has 1 aromatic carbocycles. The maximum atomic E-state index is 6.14. The van der Waals surface area contributed by atoms with Crippen molar-refractivity contribution in [3.05, 3.63) is 28.3 Å². The highest BCUT2D eigenvalue weighted by Crippen LogP contribution is 2.30. The summed E-state index contributed by atoms with van der Waals surface area (Å²) in [6.45, 7) is 8.76. The summed E-state index contributed by atoms with van der Waals surface area (Å²) in [6, 6.07) is 3.04. The fraction of sp³-hybridized carbons (Fsp3) is 0.600. The molecule has 0 spiro atoms. The zero-order valence-corrected chi connectivity index (χ0v) is 11.4. The molecular formula is C15H24N2. The third-order valence-electron chi connectivity index (χ3n) is 4.27. The lowest BCUT2D eigenvalue weighted by atomic mass is 9.98. The number of nitrogens with one attached hydrogen (secondary N) is 1. The van der Waals surface area contributed by atoms with Gasteiger partial charge in [0.05, 0.1) is 0 Å². The van der Waals surface area contributed by atoms with E-state index >= 15 is 0 Å². The average molecular weight is 232 g/mol. The van der Waals surface area contributed by atoms with E-state index in [0.29, 0.717) is 12.1 Å². The van der Waals surface area contributed by atoms with Crippen LogP contribution in [-0.2, 0) is 0 Å². The Balaban J connectivity index is 2.31. The van der Waals surface area contributed by atoms with E-state index in [1.807, 2.05) is 0 Å². The molecule has 1 fully saturated rings. The molecule has 2 nitrogen and oxygen atoms in total. The minimum Gasteiger partial charge on any atom is -0.380 e. The number of benzene rings is 1. The predicted octanol–water partition coefficient (Wildman–Crippen LogP) is 3.21. The molecule has 0 aromatic heterocycles. The van der Waals surface area contributed by atoms with E-state index in [4.69, 9.17) is 5.73 Å². The van der Waals surface area contributed by atoms with Crippen LogP contribution in [0.15, 0.2) is 6.07 Å². The highest BCUT2D eigenvalue weighted by Gasteiger charge is 2.24. The second-order valence-electron chi connectivity index (χ2n) is 5.48. The minimum atomic E-state index is 0.314. The largest absolute Gasteiger partial charge is 0.380 e. The van der Waals surface area contributed by atoms with Crippen molar-refractivity contribution in [3.8, 4) is 0 Å². The van der Waals surface area contributed by atoms with Crippen LogP contribution in [-0.4, -0.2) is 12.1 Å². The first-order chi connectivity index (χ1) is 8.00. The number of aryl methyl sites for hydroxylation is 2. The minimum absolute atomic E-state index is 0.314. The van der Waals surface area contributed by atoms with Crippen molar-refractivity contribution in [1.82, 2.24) is 0 Å². The number of rotatable bonds is 2. The maximum Gasteiger partial charge on any atom is 0.0412 e. The van der Waals surface area contributed by atoms with Crippen LogP contribution in [0.3, 0.4) is 0 Å². The highest BCUT2D eigenvalue weighted by atomic mass is 15.0. The number of hydrogen-bond acceptors (Lipinski definition) is 2. The van der Waals surface area contributed by atoms with E-state index in [9.17, 15) is 0 Å². The highest BCUT2D eigenvalue weighted by molar-refractivity contribution is 5.62. The van der Waals surface area contributed by atoms with E-state index in [-0.39, 0.29) is 0 Å². The third kappa shape index (κ3) is 2.32. The lowest BCUT2D eigenvalue weighted by Gasteiger charge is -2.23. The zero-order valence-electron chi connectivity index (χ0n) is 11.4. The Labute approximate surface area is 105 Å². The summed E-state index contributed by atoms with van der Waals surface area (Å²) in [7, 11) is 0. The molecule has 0 bridgehead atoms. The summed E-state index contributed by atoms with van der Waals surface area (Å²) in [4.78, 5) is 0. The van der Waals surface area contributed by atoms with Crippen LogP contribution in [0.5, 0.6) is 0 Å². The Kier molecular flexibility index (Phi) is 3.43. The van der Waals surface area contributed by atoms with E-state index in [1.165, 1.54) is 40.8 Å². The normalized spacial score (nSPS) is 24.1. The number of hydrogen-bond donors (Lipinski definition) is 2. The van der Waals surface area contributed by atoms with Crippen LogP contribution >= 0.6 is 0 Å². The smallest absolute Gasteiger partial charge is 0.0412 e. The molecule has 3 N–H and O–H groups in total. The molecule has 2 atom stereocenters. The molecule has 2 rings (SSSR count). The second kappa shape index (κ2) is 4.69. The quantitative estimate of drug-likeness (QED) is 0.821. The van der Waals surface area contributed by atoms with Crippen LogP contribution < -0.4 is 11.1 Å². The molecule has 17 heavy (non-hydrogen) atoms. The van der Waals surface area contributed by atoms with Crippen molar-refractivity contribution in [2.75, 3.05) is 5.32 Å². The maximum absolute atomic E-state index is 6.14. The third-order valence-corrected chi connectivity index (χ3v) is 4.27.